The predicted molar refractivity (Wildman–Crippen MR) is 298 cm³/mol. The smallest absolute Gasteiger partial charge is 0.159 e. The Kier molecular flexibility index (Phi) is 7.92. The van der Waals surface area contributed by atoms with Crippen LogP contribution in [-0.4, -0.2) is 16.2 Å². The number of fused-ring (bicyclic) bond motifs is 17. The molecule has 7 heteroatoms. The predicted octanol–water partition coefficient (Wildman–Crippen LogP) is 17.4. The van der Waals surface area contributed by atoms with Crippen LogP contribution in [0.25, 0.3) is 122 Å². The summed E-state index contributed by atoms with van der Waals surface area (Å²) in [5, 5.41) is 20.5. The summed E-state index contributed by atoms with van der Waals surface area (Å²) in [5.41, 5.74) is 8.01. The van der Waals surface area contributed by atoms with Gasteiger partial charge in [0.05, 0.1) is 16.6 Å². The Morgan fingerprint density at radius 2 is 1.11 bits per heavy atom. The number of amidine groups is 2. The second kappa shape index (κ2) is 14.5. The van der Waals surface area contributed by atoms with Crippen molar-refractivity contribution in [3.05, 3.63) is 223 Å². The van der Waals surface area contributed by atoms with Gasteiger partial charge in [0, 0.05) is 78.5 Å². The summed E-state index contributed by atoms with van der Waals surface area (Å²) in [5.74, 6) is 1.39. The lowest BCUT2D eigenvalue weighted by atomic mass is 9.98. The van der Waals surface area contributed by atoms with Gasteiger partial charge in [0.25, 0.3) is 0 Å². The number of aromatic nitrogens is 1. The highest BCUT2D eigenvalue weighted by Crippen LogP contribution is 2.43. The molecule has 11 aromatic carbocycles. The van der Waals surface area contributed by atoms with Crippen LogP contribution in [-0.2, 0) is 0 Å². The Morgan fingerprint density at radius 3 is 1.93 bits per heavy atom. The minimum absolute atomic E-state index is 0.428. The van der Waals surface area contributed by atoms with Gasteiger partial charge in [-0.25, -0.2) is 9.98 Å². The van der Waals surface area contributed by atoms with Gasteiger partial charge in [-0.2, -0.15) is 0 Å². The Bertz CT molecular complexity index is 4830. The van der Waals surface area contributed by atoms with E-state index in [1.807, 2.05) is 28.7 Å². The van der Waals surface area contributed by atoms with Crippen molar-refractivity contribution >= 4 is 151 Å². The fourth-order valence-electron chi connectivity index (χ4n) is 11.3. The molecule has 0 fully saturated rings. The summed E-state index contributed by atoms with van der Waals surface area (Å²) < 4.78 is 14.5. The summed E-state index contributed by atoms with van der Waals surface area (Å²) in [6.45, 7) is 0. The number of thiophene rings is 2. The molecule has 1 aliphatic heterocycles. The van der Waals surface area contributed by atoms with Crippen LogP contribution in [0.1, 0.15) is 22.9 Å². The lowest BCUT2D eigenvalue weighted by molar-refractivity contribution is 0.660. The number of nitrogens with one attached hydrogen (secondary N) is 1. The number of benzene rings is 11. The fourth-order valence-corrected chi connectivity index (χ4v) is 13.5. The van der Waals surface area contributed by atoms with E-state index >= 15 is 0 Å². The molecular weight excluding hydrogens is 893 g/mol. The van der Waals surface area contributed by atoms with E-state index in [1.54, 1.807) is 0 Å². The Morgan fingerprint density at radius 1 is 0.457 bits per heavy atom. The van der Waals surface area contributed by atoms with Crippen molar-refractivity contribution in [1.29, 1.82) is 0 Å². The van der Waals surface area contributed by atoms with Crippen molar-refractivity contribution in [2.24, 2.45) is 9.98 Å². The molecule has 1 N–H and O–H groups in total. The zero-order valence-corrected chi connectivity index (χ0v) is 38.9. The number of rotatable bonds is 4. The number of para-hydroxylation sites is 1. The van der Waals surface area contributed by atoms with E-state index in [2.05, 4.69) is 210 Å². The van der Waals surface area contributed by atoms with Crippen molar-refractivity contribution in [3.8, 4) is 5.69 Å². The Labute approximate surface area is 407 Å². The van der Waals surface area contributed by atoms with Gasteiger partial charge in [0.1, 0.15) is 23.2 Å². The van der Waals surface area contributed by atoms with Gasteiger partial charge in [0.15, 0.2) is 5.84 Å². The lowest BCUT2D eigenvalue weighted by Crippen LogP contribution is -2.33. The van der Waals surface area contributed by atoms with Crippen LogP contribution in [0.2, 0.25) is 0 Å². The highest BCUT2D eigenvalue weighted by Gasteiger charge is 2.27. The van der Waals surface area contributed by atoms with Crippen LogP contribution in [0.3, 0.4) is 0 Å². The number of hydrogen-bond donors (Lipinski definition) is 1. The van der Waals surface area contributed by atoms with Crippen LogP contribution >= 0.6 is 22.7 Å². The van der Waals surface area contributed by atoms with E-state index in [1.165, 1.54) is 83.7 Å². The van der Waals surface area contributed by atoms with E-state index in [9.17, 15) is 0 Å². The molecule has 70 heavy (non-hydrogen) atoms. The molecule has 4 aromatic heterocycles. The topological polar surface area (TPSA) is 54.8 Å². The van der Waals surface area contributed by atoms with Gasteiger partial charge in [-0.05, 0) is 111 Å². The molecular formula is C63H36N4OS2. The molecule has 5 heterocycles. The van der Waals surface area contributed by atoms with Gasteiger partial charge < -0.3 is 14.3 Å². The molecule has 326 valence electrons. The molecule has 0 aliphatic carbocycles. The number of hydrogen-bond acceptors (Lipinski definition) is 6. The quantitative estimate of drug-likeness (QED) is 0.191. The van der Waals surface area contributed by atoms with Crippen molar-refractivity contribution in [1.82, 2.24) is 9.88 Å². The Hall–Kier alpha value is -8.62. The monoisotopic (exact) mass is 928 g/mol. The third-order valence-electron chi connectivity index (χ3n) is 14.6. The maximum absolute atomic E-state index is 6.96. The summed E-state index contributed by atoms with van der Waals surface area (Å²) in [7, 11) is 0. The summed E-state index contributed by atoms with van der Waals surface area (Å²) in [4.78, 5) is 11.0. The molecule has 0 saturated carbocycles. The highest BCUT2D eigenvalue weighted by molar-refractivity contribution is 7.26. The molecule has 5 nitrogen and oxygen atoms in total. The fraction of sp³-hybridized carbons (Fsp3) is 0.0159. The second-order valence-corrected chi connectivity index (χ2v) is 20.7. The highest BCUT2D eigenvalue weighted by atomic mass is 32.1. The van der Waals surface area contributed by atoms with Crippen LogP contribution in [0.15, 0.2) is 221 Å². The van der Waals surface area contributed by atoms with E-state index in [0.717, 1.165) is 55.1 Å². The third-order valence-corrected chi connectivity index (χ3v) is 16.9. The molecule has 0 spiro atoms. The summed E-state index contributed by atoms with van der Waals surface area (Å²) >= 11 is 3.65. The van der Waals surface area contributed by atoms with Crippen molar-refractivity contribution in [3.63, 3.8) is 0 Å². The number of furan rings is 1. The zero-order chi connectivity index (χ0) is 45.6. The average molecular weight is 929 g/mol. The van der Waals surface area contributed by atoms with Gasteiger partial charge in [-0.1, -0.05) is 127 Å². The number of nitrogens with zero attached hydrogens (tertiary/aromatic N) is 3. The SMILES string of the molecule is c1ccc2cc3c(cc2c1)c1ccc2ccccc2c1n3-c1ccc2c(c1)cc(C1=NC(c3ccc4sc5ccccc5c4c3)=NC(c3ccc4sc5ccccc5c4c3)N1)c1oc3ccccc3c12. The molecule has 16 rings (SSSR count). The van der Waals surface area contributed by atoms with E-state index in [0.29, 0.717) is 11.7 Å². The average Bonchev–Trinajstić information content (AvgIpc) is 4.18. The first-order chi connectivity index (χ1) is 34.6. The molecule has 0 amide bonds. The van der Waals surface area contributed by atoms with Crippen molar-refractivity contribution in [2.45, 2.75) is 6.17 Å². The minimum Gasteiger partial charge on any atom is -0.455 e. The first kappa shape index (κ1) is 38.4. The van der Waals surface area contributed by atoms with E-state index < -0.39 is 6.17 Å². The van der Waals surface area contributed by atoms with Gasteiger partial charge in [-0.15, -0.1) is 22.7 Å². The largest absolute Gasteiger partial charge is 0.455 e. The first-order valence-electron chi connectivity index (χ1n) is 23.6. The van der Waals surface area contributed by atoms with Gasteiger partial charge >= 0.3 is 0 Å². The third kappa shape index (κ3) is 5.58. The molecule has 0 radical (unpaired) electrons. The van der Waals surface area contributed by atoms with Gasteiger partial charge in [0.2, 0.25) is 0 Å². The molecule has 15 aromatic rings. The molecule has 1 unspecified atom stereocenters. The Balaban J connectivity index is 0.951. The van der Waals surface area contributed by atoms with Crippen LogP contribution in [0.5, 0.6) is 0 Å². The van der Waals surface area contributed by atoms with Gasteiger partial charge in [-0.3, -0.25) is 0 Å². The lowest BCUT2D eigenvalue weighted by Gasteiger charge is -2.24. The molecule has 1 aliphatic rings. The molecule has 1 atom stereocenters. The summed E-state index contributed by atoms with van der Waals surface area (Å²) in [6.07, 6.45) is -0.428. The number of aliphatic imine (C=N–C) groups is 2. The first-order valence-corrected chi connectivity index (χ1v) is 25.3. The maximum Gasteiger partial charge on any atom is 0.159 e. The van der Waals surface area contributed by atoms with Crippen molar-refractivity contribution < 1.29 is 4.42 Å². The summed E-state index contributed by atoms with van der Waals surface area (Å²) in [6, 6.07) is 75.1. The molecule has 0 saturated heterocycles. The minimum atomic E-state index is -0.428. The zero-order valence-electron chi connectivity index (χ0n) is 37.3. The van der Waals surface area contributed by atoms with E-state index in [4.69, 9.17) is 14.4 Å². The van der Waals surface area contributed by atoms with Crippen LogP contribution in [0, 0.1) is 0 Å². The van der Waals surface area contributed by atoms with E-state index in [-0.39, 0.29) is 0 Å². The molecule has 0 bridgehead atoms. The van der Waals surface area contributed by atoms with Crippen LogP contribution in [0.4, 0.5) is 0 Å². The standard InChI is InChI=1S/C63H36N4OS2/c1-2-13-37-34-52-48(30-36(37)12-1)46-25-21-35-11-3-4-14-43(35)59(46)67(52)41-24-26-42-40(29-41)33-51(60-58(42)47-17-5-8-18-53(47)68-60)63-65-61(38-22-27-56-49(31-38)44-15-6-9-19-54(44)69-56)64-62(66-63)39-23-28-57-50(32-39)45-16-7-10-20-55(45)70-57/h1-34,61H,(H,64,65,66). The van der Waals surface area contributed by atoms with Crippen molar-refractivity contribution in [2.75, 3.05) is 0 Å². The van der Waals surface area contributed by atoms with Crippen LogP contribution < -0.4 is 5.32 Å². The maximum atomic E-state index is 6.96. The second-order valence-electron chi connectivity index (χ2n) is 18.5. The normalized spacial score (nSPS) is 14.4.